The molecule has 1 aliphatic carbocycles. The summed E-state index contributed by atoms with van der Waals surface area (Å²) < 4.78 is 22.4. The summed E-state index contributed by atoms with van der Waals surface area (Å²) in [7, 11) is -3.60. The van der Waals surface area contributed by atoms with Gasteiger partial charge < -0.3 is 11.1 Å². The minimum Gasteiger partial charge on any atom is -0.330 e. The lowest BCUT2D eigenvalue weighted by molar-refractivity contribution is 0.267. The predicted molar refractivity (Wildman–Crippen MR) is 79.5 cm³/mol. The summed E-state index contributed by atoms with van der Waals surface area (Å²) in [4.78, 5) is 0.152. The van der Waals surface area contributed by atoms with Crippen LogP contribution in [0, 0.1) is 5.92 Å². The first-order chi connectivity index (χ1) is 9.50. The first kappa shape index (κ1) is 15.4. The van der Waals surface area contributed by atoms with Gasteiger partial charge in [0.1, 0.15) is 0 Å². The molecule has 0 aliphatic heterocycles. The Balaban J connectivity index is 1.93. The van der Waals surface area contributed by atoms with Gasteiger partial charge in [-0.25, -0.2) is 13.6 Å². The van der Waals surface area contributed by atoms with Crippen molar-refractivity contribution in [1.82, 2.24) is 5.32 Å². The van der Waals surface area contributed by atoms with Gasteiger partial charge >= 0.3 is 0 Å². The van der Waals surface area contributed by atoms with Gasteiger partial charge in [0.15, 0.2) is 0 Å². The molecule has 0 saturated heterocycles. The van der Waals surface area contributed by atoms with E-state index in [0.717, 1.165) is 25.1 Å². The monoisotopic (exact) mass is 297 g/mol. The molecule has 0 spiro atoms. The molecule has 5 N–H and O–H groups in total. The van der Waals surface area contributed by atoms with Gasteiger partial charge in [0.2, 0.25) is 10.0 Å². The zero-order chi connectivity index (χ0) is 14.6. The van der Waals surface area contributed by atoms with Crippen molar-refractivity contribution in [2.45, 2.75) is 43.2 Å². The molecule has 0 radical (unpaired) electrons. The maximum atomic E-state index is 11.2. The number of rotatable bonds is 5. The molecule has 0 amide bonds. The van der Waals surface area contributed by atoms with Crippen LogP contribution in [0.25, 0.3) is 0 Å². The Bertz CT molecular complexity index is 528. The highest BCUT2D eigenvalue weighted by atomic mass is 32.2. The molecule has 2 atom stereocenters. The third-order valence-corrected chi connectivity index (χ3v) is 4.96. The second kappa shape index (κ2) is 6.67. The zero-order valence-electron chi connectivity index (χ0n) is 11.6. The van der Waals surface area contributed by atoms with Gasteiger partial charge in [0, 0.05) is 12.6 Å². The van der Waals surface area contributed by atoms with Gasteiger partial charge in [-0.3, -0.25) is 0 Å². The van der Waals surface area contributed by atoms with Crippen LogP contribution in [-0.2, 0) is 16.6 Å². The smallest absolute Gasteiger partial charge is 0.238 e. The Kier molecular flexibility index (Phi) is 5.15. The normalized spacial score (nSPS) is 23.7. The molecule has 2 unspecified atom stereocenters. The standard InChI is InChI=1S/C14H23N3O2S/c15-9-12-3-1-2-4-14(12)17-10-11-5-7-13(8-6-11)20(16,18)19/h5-8,12,14,17H,1-4,9-10,15H2,(H2,16,18,19). The molecule has 6 heteroatoms. The van der Waals surface area contributed by atoms with Gasteiger partial charge in [0.25, 0.3) is 0 Å². The molecule has 1 aromatic carbocycles. The zero-order valence-corrected chi connectivity index (χ0v) is 12.4. The Morgan fingerprint density at radius 1 is 1.15 bits per heavy atom. The summed E-state index contributed by atoms with van der Waals surface area (Å²) in [5.74, 6) is 0.549. The van der Waals surface area contributed by atoms with Crippen molar-refractivity contribution in [3.8, 4) is 0 Å². The molecule has 0 aromatic heterocycles. The number of hydrogen-bond donors (Lipinski definition) is 3. The molecule has 20 heavy (non-hydrogen) atoms. The van der Waals surface area contributed by atoms with E-state index in [9.17, 15) is 8.42 Å². The van der Waals surface area contributed by atoms with Crippen molar-refractivity contribution >= 4 is 10.0 Å². The summed E-state index contributed by atoms with van der Waals surface area (Å²) in [6.45, 7) is 1.45. The predicted octanol–water partition coefficient (Wildman–Crippen LogP) is 0.941. The van der Waals surface area contributed by atoms with Crippen molar-refractivity contribution in [2.75, 3.05) is 6.54 Å². The van der Waals surface area contributed by atoms with Crippen LogP contribution in [0.5, 0.6) is 0 Å². The summed E-state index contributed by atoms with van der Waals surface area (Å²) in [5, 5.41) is 8.61. The topological polar surface area (TPSA) is 98.2 Å². The lowest BCUT2D eigenvalue weighted by Gasteiger charge is -2.31. The molecule has 2 rings (SSSR count). The van der Waals surface area contributed by atoms with Crippen molar-refractivity contribution in [3.05, 3.63) is 29.8 Å². The van der Waals surface area contributed by atoms with Crippen LogP contribution in [0.1, 0.15) is 31.2 Å². The first-order valence-corrected chi connectivity index (χ1v) is 8.60. The Morgan fingerprint density at radius 3 is 2.40 bits per heavy atom. The Labute approximate surface area is 120 Å². The first-order valence-electron chi connectivity index (χ1n) is 7.06. The van der Waals surface area contributed by atoms with Gasteiger partial charge in [0.05, 0.1) is 4.90 Å². The lowest BCUT2D eigenvalue weighted by atomic mass is 9.84. The van der Waals surface area contributed by atoms with Gasteiger partial charge in [-0.2, -0.15) is 0 Å². The van der Waals surface area contributed by atoms with Crippen molar-refractivity contribution < 1.29 is 8.42 Å². The van der Waals surface area contributed by atoms with Crippen LogP contribution in [0.2, 0.25) is 0 Å². The van der Waals surface area contributed by atoms with E-state index in [1.807, 2.05) is 0 Å². The highest BCUT2D eigenvalue weighted by Gasteiger charge is 2.23. The number of benzene rings is 1. The number of nitrogens with two attached hydrogens (primary N) is 2. The van der Waals surface area contributed by atoms with E-state index in [1.165, 1.54) is 19.3 Å². The molecule has 1 fully saturated rings. The van der Waals surface area contributed by atoms with Gasteiger partial charge in [-0.1, -0.05) is 25.0 Å². The van der Waals surface area contributed by atoms with Crippen molar-refractivity contribution in [2.24, 2.45) is 16.8 Å². The van der Waals surface area contributed by atoms with Crippen LogP contribution >= 0.6 is 0 Å². The van der Waals surface area contributed by atoms with E-state index in [2.05, 4.69) is 5.32 Å². The van der Waals surface area contributed by atoms with E-state index in [4.69, 9.17) is 10.9 Å². The number of nitrogens with one attached hydrogen (secondary N) is 1. The second-order valence-electron chi connectivity index (χ2n) is 5.46. The molecule has 5 nitrogen and oxygen atoms in total. The van der Waals surface area contributed by atoms with E-state index in [-0.39, 0.29) is 4.90 Å². The number of sulfonamides is 1. The fourth-order valence-corrected chi connectivity index (χ4v) is 3.32. The molecule has 0 bridgehead atoms. The molecule has 1 aliphatic rings. The largest absolute Gasteiger partial charge is 0.330 e. The highest BCUT2D eigenvalue weighted by molar-refractivity contribution is 7.89. The minimum atomic E-state index is -3.60. The molecule has 0 heterocycles. The molecule has 1 aromatic rings. The SMILES string of the molecule is NCC1CCCCC1NCc1ccc(S(N)(=O)=O)cc1. The third kappa shape index (κ3) is 4.02. The maximum absolute atomic E-state index is 11.2. The lowest BCUT2D eigenvalue weighted by Crippen LogP contribution is -2.41. The average Bonchev–Trinajstić information content (AvgIpc) is 2.45. The fourth-order valence-electron chi connectivity index (χ4n) is 2.80. The van der Waals surface area contributed by atoms with Crippen molar-refractivity contribution in [3.63, 3.8) is 0 Å². The molecule has 112 valence electrons. The summed E-state index contributed by atoms with van der Waals surface area (Å²) in [5.41, 5.74) is 6.86. The Morgan fingerprint density at radius 2 is 1.80 bits per heavy atom. The van der Waals surface area contributed by atoms with E-state index < -0.39 is 10.0 Å². The minimum absolute atomic E-state index is 0.152. The summed E-state index contributed by atoms with van der Waals surface area (Å²) in [6.07, 6.45) is 4.87. The highest BCUT2D eigenvalue weighted by Crippen LogP contribution is 2.23. The fraction of sp³-hybridized carbons (Fsp3) is 0.571. The van der Waals surface area contributed by atoms with E-state index in [0.29, 0.717) is 12.0 Å². The van der Waals surface area contributed by atoms with Crippen LogP contribution in [0.4, 0.5) is 0 Å². The third-order valence-electron chi connectivity index (χ3n) is 4.03. The summed E-state index contributed by atoms with van der Waals surface area (Å²) in [6, 6.07) is 7.16. The van der Waals surface area contributed by atoms with Crippen molar-refractivity contribution in [1.29, 1.82) is 0 Å². The maximum Gasteiger partial charge on any atom is 0.238 e. The van der Waals surface area contributed by atoms with Crippen LogP contribution in [0.15, 0.2) is 29.2 Å². The molecular weight excluding hydrogens is 274 g/mol. The van der Waals surface area contributed by atoms with Crippen LogP contribution in [-0.4, -0.2) is 21.0 Å². The molecular formula is C14H23N3O2S. The van der Waals surface area contributed by atoms with E-state index >= 15 is 0 Å². The number of hydrogen-bond acceptors (Lipinski definition) is 4. The molecule has 1 saturated carbocycles. The summed E-state index contributed by atoms with van der Waals surface area (Å²) >= 11 is 0. The van der Waals surface area contributed by atoms with Gasteiger partial charge in [-0.05, 0) is 43.0 Å². The second-order valence-corrected chi connectivity index (χ2v) is 7.02. The Hall–Kier alpha value is -0.950. The van der Waals surface area contributed by atoms with Crippen LogP contribution < -0.4 is 16.2 Å². The van der Waals surface area contributed by atoms with Gasteiger partial charge in [-0.15, -0.1) is 0 Å². The number of primary sulfonamides is 1. The van der Waals surface area contributed by atoms with Crippen LogP contribution in [0.3, 0.4) is 0 Å². The average molecular weight is 297 g/mol. The van der Waals surface area contributed by atoms with E-state index in [1.54, 1.807) is 24.3 Å². The quantitative estimate of drug-likeness (QED) is 0.753.